The molecule has 0 aliphatic carbocycles. The third-order valence-electron chi connectivity index (χ3n) is 5.41. The Hall–Kier alpha value is -2.44. The quantitative estimate of drug-likeness (QED) is 0.509. The predicted molar refractivity (Wildman–Crippen MR) is 122 cm³/mol. The van der Waals surface area contributed by atoms with Gasteiger partial charge in [0.05, 0.1) is 11.3 Å². The summed E-state index contributed by atoms with van der Waals surface area (Å²) in [4.78, 5) is 18.5. The molecule has 0 saturated carbocycles. The number of rotatable bonds is 5. The second-order valence-electron chi connectivity index (χ2n) is 7.35. The van der Waals surface area contributed by atoms with E-state index < -0.39 is 0 Å². The minimum atomic E-state index is 0.0857. The van der Waals surface area contributed by atoms with Crippen LogP contribution in [0.1, 0.15) is 27.4 Å². The number of carbonyl (C=O) groups excluding carboxylic acids is 1. The van der Waals surface area contributed by atoms with Crippen molar-refractivity contribution >= 4 is 35.0 Å². The zero-order valence-corrected chi connectivity index (χ0v) is 18.7. The first-order valence-corrected chi connectivity index (χ1v) is 11.3. The van der Waals surface area contributed by atoms with Crippen molar-refractivity contribution in [1.82, 2.24) is 10.1 Å². The predicted octanol–water partition coefficient (Wildman–Crippen LogP) is 5.20. The number of hydrogen-bond donors (Lipinski definition) is 0. The molecular formula is C23H24ClN3O2S. The minimum absolute atomic E-state index is 0.0857. The van der Waals surface area contributed by atoms with E-state index in [1.54, 1.807) is 11.8 Å². The summed E-state index contributed by atoms with van der Waals surface area (Å²) in [5, 5.41) is 4.75. The molecule has 3 aromatic rings. The average Bonchev–Trinajstić information content (AvgIpc) is 3.09. The van der Waals surface area contributed by atoms with Crippen LogP contribution in [-0.2, 0) is 5.75 Å². The third kappa shape index (κ3) is 4.50. The SMILES string of the molecule is Cc1noc(C)c1CSc1ccccc1C(=O)N1CCN(c2cccc(Cl)c2)CC1. The number of amides is 1. The summed E-state index contributed by atoms with van der Waals surface area (Å²) in [6, 6.07) is 15.7. The summed E-state index contributed by atoms with van der Waals surface area (Å²) in [5.41, 5.74) is 3.86. The molecule has 0 unspecified atom stereocenters. The monoisotopic (exact) mass is 441 g/mol. The fraction of sp³-hybridized carbons (Fsp3) is 0.304. The first kappa shape index (κ1) is 20.8. The highest BCUT2D eigenvalue weighted by Crippen LogP contribution is 2.30. The van der Waals surface area contributed by atoms with Crippen LogP contribution in [-0.4, -0.2) is 42.1 Å². The molecule has 1 amide bonds. The van der Waals surface area contributed by atoms with Gasteiger partial charge in [0.1, 0.15) is 5.76 Å². The molecule has 4 rings (SSSR count). The number of benzene rings is 2. The summed E-state index contributed by atoms with van der Waals surface area (Å²) < 4.78 is 5.26. The Bertz CT molecular complexity index is 1020. The molecule has 1 aliphatic rings. The van der Waals surface area contributed by atoms with Crippen LogP contribution in [0.3, 0.4) is 0 Å². The number of carbonyl (C=O) groups is 1. The van der Waals surface area contributed by atoms with E-state index in [1.807, 2.05) is 61.2 Å². The van der Waals surface area contributed by atoms with Crippen LogP contribution in [0.5, 0.6) is 0 Å². The van der Waals surface area contributed by atoms with Gasteiger partial charge in [0.2, 0.25) is 0 Å². The fourth-order valence-electron chi connectivity index (χ4n) is 3.64. The molecule has 1 saturated heterocycles. The van der Waals surface area contributed by atoms with Crippen LogP contribution in [0.4, 0.5) is 5.69 Å². The van der Waals surface area contributed by atoms with Crippen molar-refractivity contribution in [3.05, 3.63) is 76.1 Å². The molecule has 0 spiro atoms. The molecule has 2 aromatic carbocycles. The van der Waals surface area contributed by atoms with Crippen LogP contribution in [0, 0.1) is 13.8 Å². The highest BCUT2D eigenvalue weighted by Gasteiger charge is 2.24. The van der Waals surface area contributed by atoms with Crippen LogP contribution < -0.4 is 4.90 Å². The number of nitrogens with zero attached hydrogens (tertiary/aromatic N) is 3. The van der Waals surface area contributed by atoms with Crippen LogP contribution in [0.25, 0.3) is 0 Å². The largest absolute Gasteiger partial charge is 0.368 e. The number of thioether (sulfide) groups is 1. The molecular weight excluding hydrogens is 418 g/mol. The number of aromatic nitrogens is 1. The van der Waals surface area contributed by atoms with Crippen molar-refractivity contribution in [3.63, 3.8) is 0 Å². The van der Waals surface area contributed by atoms with E-state index in [-0.39, 0.29) is 5.91 Å². The van der Waals surface area contributed by atoms with Gasteiger partial charge >= 0.3 is 0 Å². The second kappa shape index (κ2) is 9.14. The molecule has 0 atom stereocenters. The lowest BCUT2D eigenvalue weighted by molar-refractivity contribution is 0.0743. The number of piperazine rings is 1. The van der Waals surface area contributed by atoms with Crippen molar-refractivity contribution < 1.29 is 9.32 Å². The van der Waals surface area contributed by atoms with Gasteiger partial charge < -0.3 is 14.3 Å². The van der Waals surface area contributed by atoms with Crippen LogP contribution in [0.15, 0.2) is 57.9 Å². The van der Waals surface area contributed by atoms with Gasteiger partial charge in [-0.2, -0.15) is 0 Å². The van der Waals surface area contributed by atoms with Gasteiger partial charge in [0.15, 0.2) is 0 Å². The van der Waals surface area contributed by atoms with Crippen LogP contribution in [0.2, 0.25) is 5.02 Å². The van der Waals surface area contributed by atoms with Gasteiger partial charge in [0, 0.05) is 53.1 Å². The highest BCUT2D eigenvalue weighted by atomic mass is 35.5. The fourth-order valence-corrected chi connectivity index (χ4v) is 5.02. The molecule has 2 heterocycles. The van der Waals surface area contributed by atoms with E-state index in [2.05, 4.69) is 16.1 Å². The molecule has 0 N–H and O–H groups in total. The standard InChI is InChI=1S/C23H24ClN3O2S/c1-16-21(17(2)29-25-16)15-30-22-9-4-3-8-20(22)23(28)27-12-10-26(11-13-27)19-7-5-6-18(24)14-19/h3-9,14H,10-13,15H2,1-2H3. The van der Waals surface area contributed by atoms with E-state index in [1.165, 1.54) is 0 Å². The number of hydrogen-bond acceptors (Lipinski definition) is 5. The summed E-state index contributed by atoms with van der Waals surface area (Å²) in [5.74, 6) is 1.65. The topological polar surface area (TPSA) is 49.6 Å². The average molecular weight is 442 g/mol. The minimum Gasteiger partial charge on any atom is -0.368 e. The first-order chi connectivity index (χ1) is 14.5. The lowest BCUT2D eigenvalue weighted by Gasteiger charge is -2.36. The first-order valence-electron chi connectivity index (χ1n) is 9.96. The van der Waals surface area contributed by atoms with Crippen molar-refractivity contribution in [2.45, 2.75) is 24.5 Å². The molecule has 1 aliphatic heterocycles. The maximum Gasteiger partial charge on any atom is 0.255 e. The third-order valence-corrected chi connectivity index (χ3v) is 6.75. The molecule has 7 heteroatoms. The molecule has 1 aromatic heterocycles. The zero-order chi connectivity index (χ0) is 21.1. The van der Waals surface area contributed by atoms with E-state index in [0.29, 0.717) is 13.1 Å². The maximum absolute atomic E-state index is 13.3. The summed E-state index contributed by atoms with van der Waals surface area (Å²) in [6.45, 7) is 6.83. The van der Waals surface area contributed by atoms with E-state index in [4.69, 9.17) is 16.1 Å². The van der Waals surface area contributed by atoms with Crippen LogP contribution >= 0.6 is 23.4 Å². The Morgan fingerprint density at radius 1 is 1.10 bits per heavy atom. The Labute approximate surface area is 186 Å². The Kier molecular flexibility index (Phi) is 6.35. The molecule has 1 fully saturated rings. The Morgan fingerprint density at radius 2 is 1.87 bits per heavy atom. The number of halogens is 1. The van der Waals surface area contributed by atoms with Gasteiger partial charge in [0.25, 0.3) is 5.91 Å². The van der Waals surface area contributed by atoms with Crippen molar-refractivity contribution in [3.8, 4) is 0 Å². The smallest absolute Gasteiger partial charge is 0.255 e. The highest BCUT2D eigenvalue weighted by molar-refractivity contribution is 7.98. The van der Waals surface area contributed by atoms with Crippen molar-refractivity contribution in [1.29, 1.82) is 0 Å². The van der Waals surface area contributed by atoms with E-state index >= 15 is 0 Å². The van der Waals surface area contributed by atoms with Gasteiger partial charge in [-0.05, 0) is 44.2 Å². The number of aryl methyl sites for hydroxylation is 2. The van der Waals surface area contributed by atoms with E-state index in [0.717, 1.165) is 57.0 Å². The molecule has 30 heavy (non-hydrogen) atoms. The Balaban J connectivity index is 1.43. The normalized spacial score (nSPS) is 14.2. The van der Waals surface area contributed by atoms with Crippen molar-refractivity contribution in [2.75, 3.05) is 31.1 Å². The van der Waals surface area contributed by atoms with Gasteiger partial charge in [-0.1, -0.05) is 35.0 Å². The van der Waals surface area contributed by atoms with E-state index in [9.17, 15) is 4.79 Å². The Morgan fingerprint density at radius 3 is 2.57 bits per heavy atom. The number of anilines is 1. The summed E-state index contributed by atoms with van der Waals surface area (Å²) in [6.07, 6.45) is 0. The van der Waals surface area contributed by atoms with Gasteiger partial charge in [-0.3, -0.25) is 4.79 Å². The van der Waals surface area contributed by atoms with Crippen molar-refractivity contribution in [2.24, 2.45) is 0 Å². The molecule has 5 nitrogen and oxygen atoms in total. The molecule has 156 valence electrons. The maximum atomic E-state index is 13.3. The summed E-state index contributed by atoms with van der Waals surface area (Å²) >= 11 is 7.78. The van der Waals surface area contributed by atoms with Gasteiger partial charge in [-0.25, -0.2) is 0 Å². The zero-order valence-electron chi connectivity index (χ0n) is 17.1. The summed E-state index contributed by atoms with van der Waals surface area (Å²) in [7, 11) is 0. The lowest BCUT2D eigenvalue weighted by atomic mass is 10.1. The molecule has 0 bridgehead atoms. The molecule has 0 radical (unpaired) electrons. The van der Waals surface area contributed by atoms with Gasteiger partial charge in [-0.15, -0.1) is 11.8 Å². The lowest BCUT2D eigenvalue weighted by Crippen LogP contribution is -2.48. The second-order valence-corrected chi connectivity index (χ2v) is 8.80.